The second-order valence-electron chi connectivity index (χ2n) is 3.71. The molecule has 1 aromatic heterocycles. The Labute approximate surface area is 99.2 Å². The van der Waals surface area contributed by atoms with Crippen LogP contribution in [0.4, 0.5) is 0 Å². The molecule has 15 heavy (non-hydrogen) atoms. The maximum absolute atomic E-state index is 4.60. The fourth-order valence-corrected chi connectivity index (χ4v) is 3.37. The van der Waals surface area contributed by atoms with Crippen molar-refractivity contribution in [3.05, 3.63) is 21.9 Å². The van der Waals surface area contributed by atoms with Gasteiger partial charge in [0, 0.05) is 16.7 Å². The first-order valence-electron chi connectivity index (χ1n) is 5.26. The van der Waals surface area contributed by atoms with Crippen LogP contribution < -0.4 is 5.32 Å². The highest BCUT2D eigenvalue weighted by Gasteiger charge is 2.17. The van der Waals surface area contributed by atoms with Crippen molar-refractivity contribution in [3.63, 3.8) is 0 Å². The largest absolute Gasteiger partial charge is 0.361 e. The molecule has 0 spiro atoms. The lowest BCUT2D eigenvalue weighted by atomic mass is 10.3. The van der Waals surface area contributed by atoms with E-state index < -0.39 is 0 Å². The van der Waals surface area contributed by atoms with Crippen LogP contribution in [0.25, 0.3) is 0 Å². The third-order valence-electron chi connectivity index (χ3n) is 2.58. The summed E-state index contributed by atoms with van der Waals surface area (Å²) in [5.41, 5.74) is 1.36. The van der Waals surface area contributed by atoms with Crippen molar-refractivity contribution < 1.29 is 0 Å². The molecule has 0 radical (unpaired) electrons. The summed E-state index contributed by atoms with van der Waals surface area (Å²) in [5, 5.41) is 6.69. The van der Waals surface area contributed by atoms with Crippen molar-refractivity contribution in [3.8, 4) is 0 Å². The molecular weight excluding hydrogens is 224 g/mol. The minimum atomic E-state index is 0.623. The Morgan fingerprint density at radius 3 is 3.07 bits per heavy atom. The van der Waals surface area contributed by atoms with Crippen LogP contribution in [0.15, 0.2) is 16.4 Å². The van der Waals surface area contributed by atoms with Gasteiger partial charge in [0.2, 0.25) is 0 Å². The van der Waals surface area contributed by atoms with Gasteiger partial charge < -0.3 is 5.32 Å². The smallest absolute Gasteiger partial charge is 0.157 e. The van der Waals surface area contributed by atoms with Gasteiger partial charge in [-0.15, -0.1) is 11.3 Å². The van der Waals surface area contributed by atoms with Gasteiger partial charge in [-0.3, -0.25) is 4.99 Å². The lowest BCUT2D eigenvalue weighted by Crippen LogP contribution is -2.25. The normalized spacial score (nSPS) is 23.3. The standard InChI is InChI=1S/C11H16N2S2/c1-3-9-7-15-11(13-9)12-6-10-8(2)4-5-14-10/h4-5,9H,3,6-7H2,1-2H3,(H,12,13). The second-order valence-corrected chi connectivity index (χ2v) is 5.72. The van der Waals surface area contributed by atoms with E-state index in [-0.39, 0.29) is 0 Å². The van der Waals surface area contributed by atoms with Crippen LogP contribution in [0.5, 0.6) is 0 Å². The summed E-state index contributed by atoms with van der Waals surface area (Å²) in [4.78, 5) is 5.98. The number of hydrogen-bond donors (Lipinski definition) is 1. The van der Waals surface area contributed by atoms with E-state index in [0.29, 0.717) is 6.04 Å². The highest BCUT2D eigenvalue weighted by molar-refractivity contribution is 8.14. The summed E-state index contributed by atoms with van der Waals surface area (Å²) in [6.07, 6.45) is 1.18. The lowest BCUT2D eigenvalue weighted by Gasteiger charge is -2.04. The van der Waals surface area contributed by atoms with Crippen LogP contribution in [0.1, 0.15) is 23.8 Å². The van der Waals surface area contributed by atoms with E-state index in [1.54, 1.807) is 11.3 Å². The highest BCUT2D eigenvalue weighted by atomic mass is 32.2. The third kappa shape index (κ3) is 2.75. The summed E-state index contributed by atoms with van der Waals surface area (Å²) in [6, 6.07) is 2.78. The number of nitrogens with one attached hydrogen (secondary N) is 1. The lowest BCUT2D eigenvalue weighted by molar-refractivity contribution is 0.667. The van der Waals surface area contributed by atoms with E-state index in [0.717, 1.165) is 11.7 Å². The minimum Gasteiger partial charge on any atom is -0.361 e. The molecule has 0 amide bonds. The number of thiophene rings is 1. The summed E-state index contributed by atoms with van der Waals surface area (Å²) in [7, 11) is 0. The summed E-state index contributed by atoms with van der Waals surface area (Å²) < 4.78 is 0. The van der Waals surface area contributed by atoms with E-state index in [9.17, 15) is 0 Å². The van der Waals surface area contributed by atoms with Crippen LogP contribution in [0.2, 0.25) is 0 Å². The van der Waals surface area contributed by atoms with Crippen LogP contribution in [-0.4, -0.2) is 17.0 Å². The van der Waals surface area contributed by atoms with Gasteiger partial charge in [-0.1, -0.05) is 18.7 Å². The summed E-state index contributed by atoms with van der Waals surface area (Å²) in [5.74, 6) is 1.17. The summed E-state index contributed by atoms with van der Waals surface area (Å²) >= 11 is 3.64. The van der Waals surface area contributed by atoms with Gasteiger partial charge in [-0.2, -0.15) is 0 Å². The second kappa shape index (κ2) is 5.03. The molecule has 1 aliphatic heterocycles. The number of nitrogens with zero attached hydrogens (tertiary/aromatic N) is 1. The zero-order valence-corrected chi connectivity index (χ0v) is 10.8. The molecule has 82 valence electrons. The van der Waals surface area contributed by atoms with Crippen LogP contribution in [-0.2, 0) is 6.54 Å². The van der Waals surface area contributed by atoms with Crippen molar-refractivity contribution >= 4 is 28.3 Å². The van der Waals surface area contributed by atoms with Crippen LogP contribution in [0.3, 0.4) is 0 Å². The first-order chi connectivity index (χ1) is 7.29. The monoisotopic (exact) mass is 240 g/mol. The molecule has 1 saturated heterocycles. The molecule has 0 saturated carbocycles. The van der Waals surface area contributed by atoms with Gasteiger partial charge in [0.05, 0.1) is 6.54 Å². The van der Waals surface area contributed by atoms with Gasteiger partial charge in [-0.05, 0) is 30.4 Å². The average molecular weight is 240 g/mol. The molecule has 1 aliphatic rings. The Balaban J connectivity index is 1.93. The molecule has 0 aromatic carbocycles. The molecule has 1 fully saturated rings. The van der Waals surface area contributed by atoms with Crippen molar-refractivity contribution in [1.82, 2.24) is 5.32 Å². The van der Waals surface area contributed by atoms with E-state index >= 15 is 0 Å². The molecule has 2 heterocycles. The highest BCUT2D eigenvalue weighted by Crippen LogP contribution is 2.19. The third-order valence-corrected chi connectivity index (χ3v) is 4.67. The Hall–Kier alpha value is -0.480. The van der Waals surface area contributed by atoms with Gasteiger partial charge in [-0.25, -0.2) is 0 Å². The minimum absolute atomic E-state index is 0.623. The zero-order valence-electron chi connectivity index (χ0n) is 9.12. The van der Waals surface area contributed by atoms with Crippen molar-refractivity contribution in [2.75, 3.05) is 5.75 Å². The van der Waals surface area contributed by atoms with Crippen molar-refractivity contribution in [2.24, 2.45) is 4.99 Å². The molecule has 1 aromatic rings. The number of aliphatic imine (C=N–C) groups is 1. The first-order valence-corrected chi connectivity index (χ1v) is 7.13. The molecule has 0 aliphatic carbocycles. The Kier molecular flexibility index (Phi) is 3.70. The molecule has 2 rings (SSSR count). The number of rotatable bonds is 3. The molecule has 0 bridgehead atoms. The fraction of sp³-hybridized carbons (Fsp3) is 0.545. The fourth-order valence-electron chi connectivity index (χ4n) is 1.46. The Bertz CT molecular complexity index is 357. The van der Waals surface area contributed by atoms with Crippen LogP contribution >= 0.6 is 23.1 Å². The summed E-state index contributed by atoms with van der Waals surface area (Å²) in [6.45, 7) is 5.19. The molecular formula is C11H16N2S2. The quantitative estimate of drug-likeness (QED) is 0.878. The van der Waals surface area contributed by atoms with Gasteiger partial charge in [0.15, 0.2) is 5.17 Å². The average Bonchev–Trinajstić information content (AvgIpc) is 2.84. The van der Waals surface area contributed by atoms with Gasteiger partial charge in [0.25, 0.3) is 0 Å². The molecule has 1 unspecified atom stereocenters. The Morgan fingerprint density at radius 1 is 1.60 bits per heavy atom. The van der Waals surface area contributed by atoms with Gasteiger partial charge in [0.1, 0.15) is 0 Å². The van der Waals surface area contributed by atoms with Gasteiger partial charge >= 0.3 is 0 Å². The first kappa shape index (κ1) is 11.0. The maximum Gasteiger partial charge on any atom is 0.157 e. The molecule has 1 N–H and O–H groups in total. The number of hydrogen-bond acceptors (Lipinski definition) is 3. The van der Waals surface area contributed by atoms with E-state index in [4.69, 9.17) is 0 Å². The topological polar surface area (TPSA) is 24.4 Å². The molecule has 2 nitrogen and oxygen atoms in total. The predicted molar refractivity (Wildman–Crippen MR) is 69.9 cm³/mol. The van der Waals surface area contributed by atoms with E-state index in [2.05, 4.69) is 35.6 Å². The van der Waals surface area contributed by atoms with Crippen molar-refractivity contribution in [2.45, 2.75) is 32.9 Å². The molecule has 4 heteroatoms. The van der Waals surface area contributed by atoms with Crippen molar-refractivity contribution in [1.29, 1.82) is 0 Å². The maximum atomic E-state index is 4.60. The Morgan fingerprint density at radius 2 is 2.47 bits per heavy atom. The number of aryl methyl sites for hydroxylation is 1. The number of thioether (sulfide) groups is 1. The van der Waals surface area contributed by atoms with E-state index in [1.165, 1.54) is 22.6 Å². The zero-order chi connectivity index (χ0) is 10.7. The SMILES string of the molecule is CCC1CSC(=NCc2sccc2C)N1. The molecule has 1 atom stereocenters. The number of amidine groups is 1. The van der Waals surface area contributed by atoms with Crippen LogP contribution in [0, 0.1) is 6.92 Å². The van der Waals surface area contributed by atoms with E-state index in [1.807, 2.05) is 11.8 Å². The predicted octanol–water partition coefficient (Wildman–Crippen LogP) is 3.03.